The Morgan fingerprint density at radius 3 is 2.14 bits per heavy atom. The molecule has 0 fully saturated rings. The molecule has 0 aliphatic rings. The molecule has 0 aliphatic carbocycles. The molecular formula is C23H24N2O3. The van der Waals surface area contributed by atoms with Crippen molar-refractivity contribution in [3.05, 3.63) is 78.3 Å². The molecule has 1 heterocycles. The fourth-order valence-electron chi connectivity index (χ4n) is 2.97. The molecule has 0 radical (unpaired) electrons. The number of carbonyl (C=O) groups is 2. The van der Waals surface area contributed by atoms with Gasteiger partial charge in [0.05, 0.1) is 6.26 Å². The monoisotopic (exact) mass is 376 g/mol. The predicted molar refractivity (Wildman–Crippen MR) is 110 cm³/mol. The van der Waals surface area contributed by atoms with Gasteiger partial charge in [0.15, 0.2) is 5.76 Å². The van der Waals surface area contributed by atoms with Crippen molar-refractivity contribution < 1.29 is 14.0 Å². The summed E-state index contributed by atoms with van der Waals surface area (Å²) in [6.45, 7) is 4.12. The molecule has 5 nitrogen and oxygen atoms in total. The molecule has 3 rings (SSSR count). The number of nitrogens with one attached hydrogen (secondary N) is 2. The van der Waals surface area contributed by atoms with Gasteiger partial charge >= 0.3 is 0 Å². The van der Waals surface area contributed by atoms with E-state index in [0.29, 0.717) is 11.3 Å². The van der Waals surface area contributed by atoms with Crippen molar-refractivity contribution in [3.63, 3.8) is 0 Å². The van der Waals surface area contributed by atoms with Gasteiger partial charge in [-0.25, -0.2) is 0 Å². The van der Waals surface area contributed by atoms with Gasteiger partial charge in [-0.3, -0.25) is 9.59 Å². The molecule has 3 aromatic rings. The summed E-state index contributed by atoms with van der Waals surface area (Å²) in [6, 6.07) is 18.5. The van der Waals surface area contributed by atoms with E-state index in [9.17, 15) is 9.59 Å². The minimum absolute atomic E-state index is 0.0523. The van der Waals surface area contributed by atoms with Crippen molar-refractivity contribution in [1.29, 1.82) is 0 Å². The van der Waals surface area contributed by atoms with E-state index < -0.39 is 0 Å². The number of rotatable bonds is 7. The summed E-state index contributed by atoms with van der Waals surface area (Å²) in [7, 11) is 0. The molecule has 0 saturated carbocycles. The Labute approximate surface area is 164 Å². The van der Waals surface area contributed by atoms with E-state index in [1.807, 2.05) is 55.5 Å². The number of hydrogen-bond acceptors (Lipinski definition) is 3. The summed E-state index contributed by atoms with van der Waals surface area (Å²) in [6.07, 6.45) is 3.47. The number of amides is 2. The highest BCUT2D eigenvalue weighted by Crippen LogP contribution is 2.22. The lowest BCUT2D eigenvalue weighted by atomic mass is 10.0. The Morgan fingerprint density at radius 1 is 0.929 bits per heavy atom. The third-order valence-corrected chi connectivity index (χ3v) is 4.47. The first-order chi connectivity index (χ1) is 13.6. The molecule has 5 heteroatoms. The SMILES string of the molecule is CCCC(C)NC(=O)c1ccc(-c2ccc(NC(=O)c3ccco3)cc2)cc1. The first-order valence-electron chi connectivity index (χ1n) is 9.43. The standard InChI is InChI=1S/C23H24N2O3/c1-3-5-16(2)24-22(26)19-9-7-17(8-10-19)18-11-13-20(14-12-18)25-23(27)21-6-4-15-28-21/h4,6-16H,3,5H2,1-2H3,(H,24,26)(H,25,27). The fourth-order valence-corrected chi connectivity index (χ4v) is 2.97. The van der Waals surface area contributed by atoms with E-state index in [1.54, 1.807) is 12.1 Å². The van der Waals surface area contributed by atoms with Gasteiger partial charge in [0.25, 0.3) is 11.8 Å². The van der Waals surface area contributed by atoms with Crippen molar-refractivity contribution in [2.45, 2.75) is 32.7 Å². The van der Waals surface area contributed by atoms with E-state index in [1.165, 1.54) is 6.26 Å². The summed E-state index contributed by atoms with van der Waals surface area (Å²) in [5.74, 6) is -0.0694. The van der Waals surface area contributed by atoms with Crippen LogP contribution in [0.2, 0.25) is 0 Å². The van der Waals surface area contributed by atoms with E-state index in [2.05, 4.69) is 17.6 Å². The Kier molecular flexibility index (Phi) is 6.27. The molecule has 28 heavy (non-hydrogen) atoms. The van der Waals surface area contributed by atoms with Crippen LogP contribution in [0.5, 0.6) is 0 Å². The van der Waals surface area contributed by atoms with Gasteiger partial charge in [0, 0.05) is 17.3 Å². The molecule has 0 saturated heterocycles. The van der Waals surface area contributed by atoms with Crippen LogP contribution in [0.3, 0.4) is 0 Å². The zero-order valence-corrected chi connectivity index (χ0v) is 16.1. The number of anilines is 1. The minimum Gasteiger partial charge on any atom is -0.459 e. The zero-order valence-electron chi connectivity index (χ0n) is 16.1. The van der Waals surface area contributed by atoms with Crippen molar-refractivity contribution in [2.75, 3.05) is 5.32 Å². The van der Waals surface area contributed by atoms with Gasteiger partial charge < -0.3 is 15.1 Å². The normalized spacial score (nSPS) is 11.6. The molecule has 2 N–H and O–H groups in total. The largest absolute Gasteiger partial charge is 0.459 e. The fraction of sp³-hybridized carbons (Fsp3) is 0.217. The lowest BCUT2D eigenvalue weighted by molar-refractivity contribution is 0.0937. The topological polar surface area (TPSA) is 71.3 Å². The Bertz CT molecular complexity index is 913. The second-order valence-electron chi connectivity index (χ2n) is 6.75. The number of furan rings is 1. The Morgan fingerprint density at radius 2 is 1.57 bits per heavy atom. The summed E-state index contributed by atoms with van der Waals surface area (Å²) in [5.41, 5.74) is 3.34. The van der Waals surface area contributed by atoms with Gasteiger partial charge in [-0.15, -0.1) is 0 Å². The van der Waals surface area contributed by atoms with Crippen LogP contribution in [0.25, 0.3) is 11.1 Å². The number of benzene rings is 2. The minimum atomic E-state index is -0.287. The smallest absolute Gasteiger partial charge is 0.291 e. The van der Waals surface area contributed by atoms with Gasteiger partial charge in [-0.2, -0.15) is 0 Å². The van der Waals surface area contributed by atoms with Crippen LogP contribution in [0.4, 0.5) is 5.69 Å². The second kappa shape index (κ2) is 9.04. The van der Waals surface area contributed by atoms with E-state index >= 15 is 0 Å². The second-order valence-corrected chi connectivity index (χ2v) is 6.75. The molecule has 0 aliphatic heterocycles. The molecule has 2 amide bonds. The highest BCUT2D eigenvalue weighted by Gasteiger charge is 2.10. The molecule has 144 valence electrons. The Balaban J connectivity index is 1.64. The van der Waals surface area contributed by atoms with Crippen molar-refractivity contribution in [1.82, 2.24) is 5.32 Å². The molecular weight excluding hydrogens is 352 g/mol. The zero-order chi connectivity index (χ0) is 19.9. The first kappa shape index (κ1) is 19.4. The predicted octanol–water partition coefficient (Wildman–Crippen LogP) is 5.12. The van der Waals surface area contributed by atoms with Crippen molar-refractivity contribution in [3.8, 4) is 11.1 Å². The van der Waals surface area contributed by atoms with Crippen molar-refractivity contribution >= 4 is 17.5 Å². The summed E-state index contributed by atoms with van der Waals surface area (Å²) in [5, 5.41) is 5.80. The molecule has 1 aromatic heterocycles. The average molecular weight is 376 g/mol. The molecule has 1 atom stereocenters. The lowest BCUT2D eigenvalue weighted by Crippen LogP contribution is -2.32. The highest BCUT2D eigenvalue weighted by molar-refractivity contribution is 6.02. The van der Waals surface area contributed by atoms with Crippen LogP contribution < -0.4 is 10.6 Å². The molecule has 0 bridgehead atoms. The van der Waals surface area contributed by atoms with Crippen LogP contribution in [0, 0.1) is 0 Å². The maximum Gasteiger partial charge on any atom is 0.291 e. The first-order valence-corrected chi connectivity index (χ1v) is 9.43. The maximum atomic E-state index is 12.3. The van der Waals surface area contributed by atoms with Gasteiger partial charge in [-0.1, -0.05) is 37.6 Å². The van der Waals surface area contributed by atoms with Gasteiger partial charge in [0.1, 0.15) is 0 Å². The maximum absolute atomic E-state index is 12.3. The van der Waals surface area contributed by atoms with Crippen LogP contribution in [-0.4, -0.2) is 17.9 Å². The lowest BCUT2D eigenvalue weighted by Gasteiger charge is -2.13. The van der Waals surface area contributed by atoms with Crippen LogP contribution >= 0.6 is 0 Å². The molecule has 1 unspecified atom stereocenters. The molecule has 2 aromatic carbocycles. The van der Waals surface area contributed by atoms with E-state index in [0.717, 1.165) is 24.0 Å². The van der Waals surface area contributed by atoms with E-state index in [-0.39, 0.29) is 23.6 Å². The van der Waals surface area contributed by atoms with E-state index in [4.69, 9.17) is 4.42 Å². The van der Waals surface area contributed by atoms with Crippen molar-refractivity contribution in [2.24, 2.45) is 0 Å². The third-order valence-electron chi connectivity index (χ3n) is 4.47. The van der Waals surface area contributed by atoms with Crippen LogP contribution in [0.1, 0.15) is 47.6 Å². The number of carbonyl (C=O) groups excluding carboxylic acids is 2. The summed E-state index contributed by atoms with van der Waals surface area (Å²) >= 11 is 0. The number of hydrogen-bond donors (Lipinski definition) is 2. The quantitative estimate of drug-likeness (QED) is 0.601. The molecule has 0 spiro atoms. The Hall–Kier alpha value is -3.34. The highest BCUT2D eigenvalue weighted by atomic mass is 16.3. The summed E-state index contributed by atoms with van der Waals surface area (Å²) < 4.78 is 5.08. The van der Waals surface area contributed by atoms with Crippen LogP contribution in [0.15, 0.2) is 71.3 Å². The van der Waals surface area contributed by atoms with Crippen LogP contribution in [-0.2, 0) is 0 Å². The third kappa shape index (κ3) is 4.88. The van der Waals surface area contributed by atoms with Gasteiger partial charge in [0.2, 0.25) is 0 Å². The average Bonchev–Trinajstić information content (AvgIpc) is 3.24. The summed E-state index contributed by atoms with van der Waals surface area (Å²) in [4.78, 5) is 24.3. The van der Waals surface area contributed by atoms with Gasteiger partial charge in [-0.05, 0) is 60.9 Å².